The van der Waals surface area contributed by atoms with E-state index in [9.17, 15) is 19.2 Å². The number of imidazole rings is 1. The lowest BCUT2D eigenvalue weighted by molar-refractivity contribution is -0.0504. The number of halogens is 1. The lowest BCUT2D eigenvalue weighted by atomic mass is 10.1. The molecule has 132 valence electrons. The van der Waals surface area contributed by atoms with Crippen LogP contribution in [0.25, 0.3) is 11.2 Å². The van der Waals surface area contributed by atoms with Crippen LogP contribution in [0, 0.1) is 6.08 Å². The molecule has 1 fully saturated rings. The number of nitrogen functional groups attached to an aromatic ring is 1. The number of nitrogens with zero attached hydrogens (tertiary/aromatic N) is 4. The zero-order chi connectivity index (χ0) is 17.6. The van der Waals surface area contributed by atoms with Gasteiger partial charge in [0.1, 0.15) is 18.3 Å². The third kappa shape index (κ3) is 3.10. The van der Waals surface area contributed by atoms with E-state index in [0.29, 0.717) is 0 Å². The largest absolute Gasteiger partial charge is 0.469 e. The third-order valence-corrected chi connectivity index (χ3v) is 3.92. The second-order valence-electron chi connectivity index (χ2n) is 5.03. The van der Waals surface area contributed by atoms with Crippen molar-refractivity contribution in [3.05, 3.63) is 12.4 Å². The van der Waals surface area contributed by atoms with E-state index in [1.54, 1.807) is 0 Å². The van der Waals surface area contributed by atoms with Gasteiger partial charge in [-0.2, -0.15) is 14.4 Å². The van der Waals surface area contributed by atoms with Crippen LogP contribution in [0.5, 0.6) is 0 Å². The van der Waals surface area contributed by atoms with Gasteiger partial charge in [0.05, 0.1) is 12.9 Å². The Labute approximate surface area is 132 Å². The van der Waals surface area contributed by atoms with Crippen LogP contribution in [0.4, 0.5) is 10.2 Å². The minimum atomic E-state index is -4.78. The highest BCUT2D eigenvalue weighted by atomic mass is 31.2. The van der Waals surface area contributed by atoms with Gasteiger partial charge < -0.3 is 30.5 Å². The SMILES string of the molecule is Nc1nc(F)nc2c1ncn2[C@H]1O[C@H](COP(=O)(O)O)[C@H](O)C1O. The van der Waals surface area contributed by atoms with Gasteiger partial charge >= 0.3 is 13.9 Å². The highest BCUT2D eigenvalue weighted by molar-refractivity contribution is 7.46. The lowest BCUT2D eigenvalue weighted by Crippen LogP contribution is -2.33. The summed E-state index contributed by atoms with van der Waals surface area (Å²) in [6, 6.07) is 0. The highest BCUT2D eigenvalue weighted by Gasteiger charge is 2.45. The summed E-state index contributed by atoms with van der Waals surface area (Å²) in [4.78, 5) is 28.1. The van der Waals surface area contributed by atoms with Gasteiger partial charge in [-0.15, -0.1) is 0 Å². The molecule has 0 amide bonds. The highest BCUT2D eigenvalue weighted by Crippen LogP contribution is 2.38. The lowest BCUT2D eigenvalue weighted by Gasteiger charge is -2.16. The molecule has 24 heavy (non-hydrogen) atoms. The van der Waals surface area contributed by atoms with E-state index in [2.05, 4.69) is 19.5 Å². The van der Waals surface area contributed by atoms with Crippen LogP contribution in [0.15, 0.2) is 6.33 Å². The summed E-state index contributed by atoms with van der Waals surface area (Å²) in [6.45, 7) is -0.670. The standard InChI is InChI=1S/C10H13FN5O7P/c11-10-14-7(12)4-8(15-10)16(2-13-4)9-6(18)5(17)3(23-9)1-22-24(19,20)21/h2-3,5-6,9,17-18H,1H2,(H2,12,14,15)(H2,19,20,21)/t3-,5+,6?,9+/m1/s1. The average Bonchev–Trinajstić information content (AvgIpc) is 3.00. The Balaban J connectivity index is 1.89. The first-order valence-corrected chi connectivity index (χ1v) is 8.07. The van der Waals surface area contributed by atoms with Crippen molar-refractivity contribution in [3.63, 3.8) is 0 Å². The molecular weight excluding hydrogens is 352 g/mol. The molecule has 0 bridgehead atoms. The molecule has 0 spiro atoms. The summed E-state index contributed by atoms with van der Waals surface area (Å²) in [7, 11) is -4.78. The maximum atomic E-state index is 13.3. The van der Waals surface area contributed by atoms with Gasteiger partial charge in [-0.25, -0.2) is 9.55 Å². The van der Waals surface area contributed by atoms with E-state index in [1.807, 2.05) is 0 Å². The van der Waals surface area contributed by atoms with Gasteiger partial charge in [0, 0.05) is 0 Å². The average molecular weight is 365 g/mol. The molecule has 0 saturated carbocycles. The molecule has 1 aliphatic heterocycles. The molecule has 0 aliphatic carbocycles. The Bertz CT molecular complexity index is 812. The number of ether oxygens (including phenoxy) is 1. The van der Waals surface area contributed by atoms with E-state index in [1.165, 1.54) is 0 Å². The molecule has 4 atom stereocenters. The molecule has 3 heterocycles. The molecule has 12 nitrogen and oxygen atoms in total. The molecular formula is C10H13FN5O7P. The van der Waals surface area contributed by atoms with Gasteiger partial charge in [-0.3, -0.25) is 9.09 Å². The Morgan fingerprint density at radius 2 is 2.08 bits per heavy atom. The second kappa shape index (κ2) is 5.97. The summed E-state index contributed by atoms with van der Waals surface area (Å²) in [6.07, 6.45) is -5.46. The topological polar surface area (TPSA) is 186 Å². The smallest absolute Gasteiger partial charge is 0.387 e. The first-order valence-electron chi connectivity index (χ1n) is 6.54. The fourth-order valence-corrected chi connectivity index (χ4v) is 2.71. The first-order chi connectivity index (χ1) is 11.2. The fraction of sp³-hybridized carbons (Fsp3) is 0.500. The predicted octanol–water partition coefficient (Wildman–Crippen LogP) is -1.72. The number of rotatable bonds is 4. The number of hydrogen-bond donors (Lipinski definition) is 5. The monoisotopic (exact) mass is 365 g/mol. The molecule has 0 radical (unpaired) electrons. The van der Waals surface area contributed by atoms with Crippen LogP contribution in [-0.4, -0.2) is 64.4 Å². The van der Waals surface area contributed by atoms with E-state index in [-0.39, 0.29) is 17.0 Å². The van der Waals surface area contributed by atoms with Crippen molar-refractivity contribution in [1.82, 2.24) is 19.5 Å². The van der Waals surface area contributed by atoms with Crippen LogP contribution in [0.1, 0.15) is 6.23 Å². The van der Waals surface area contributed by atoms with Gasteiger partial charge in [0.15, 0.2) is 23.2 Å². The second-order valence-corrected chi connectivity index (χ2v) is 6.27. The van der Waals surface area contributed by atoms with Crippen LogP contribution in [0.3, 0.4) is 0 Å². The Morgan fingerprint density at radius 3 is 2.75 bits per heavy atom. The van der Waals surface area contributed by atoms with Crippen molar-refractivity contribution >= 4 is 24.8 Å². The first kappa shape index (κ1) is 17.1. The summed E-state index contributed by atoms with van der Waals surface area (Å²) >= 11 is 0. The Hall–Kier alpha value is -1.73. The summed E-state index contributed by atoms with van der Waals surface area (Å²) in [5.41, 5.74) is 5.52. The van der Waals surface area contributed by atoms with Gasteiger partial charge in [0.2, 0.25) is 0 Å². The molecule has 0 aromatic carbocycles. The Kier molecular flexibility index (Phi) is 4.25. The molecule has 1 unspecified atom stereocenters. The van der Waals surface area contributed by atoms with Gasteiger partial charge in [-0.1, -0.05) is 0 Å². The van der Waals surface area contributed by atoms with Crippen LogP contribution >= 0.6 is 7.82 Å². The molecule has 3 rings (SSSR count). The summed E-state index contributed by atoms with van der Waals surface area (Å²) in [5.74, 6) is -0.217. The number of aromatic nitrogens is 4. The maximum Gasteiger partial charge on any atom is 0.469 e. The Morgan fingerprint density at radius 1 is 1.38 bits per heavy atom. The van der Waals surface area contributed by atoms with Crippen molar-refractivity contribution in [2.45, 2.75) is 24.5 Å². The van der Waals surface area contributed by atoms with Crippen molar-refractivity contribution in [2.24, 2.45) is 0 Å². The molecule has 1 saturated heterocycles. The molecule has 14 heteroatoms. The number of anilines is 1. The van der Waals surface area contributed by atoms with Crippen molar-refractivity contribution in [2.75, 3.05) is 12.3 Å². The summed E-state index contributed by atoms with van der Waals surface area (Å²) in [5, 5.41) is 20.0. The molecule has 2 aromatic heterocycles. The maximum absolute atomic E-state index is 13.3. The predicted molar refractivity (Wildman–Crippen MR) is 73.6 cm³/mol. The normalized spacial score (nSPS) is 27.9. The van der Waals surface area contributed by atoms with E-state index in [0.717, 1.165) is 10.9 Å². The molecule has 2 aromatic rings. The van der Waals surface area contributed by atoms with Crippen molar-refractivity contribution in [3.8, 4) is 0 Å². The number of aliphatic hydroxyl groups excluding tert-OH is 2. The number of phosphoric acid groups is 1. The van der Waals surface area contributed by atoms with E-state index in [4.69, 9.17) is 20.3 Å². The van der Waals surface area contributed by atoms with E-state index < -0.39 is 45.0 Å². The fourth-order valence-electron chi connectivity index (χ4n) is 2.36. The van der Waals surface area contributed by atoms with Gasteiger partial charge in [-0.05, 0) is 0 Å². The van der Waals surface area contributed by atoms with Crippen LogP contribution < -0.4 is 5.73 Å². The minimum Gasteiger partial charge on any atom is -0.387 e. The zero-order valence-electron chi connectivity index (χ0n) is 11.8. The molecule has 1 aliphatic rings. The number of nitrogens with two attached hydrogens (primary N) is 1. The number of fused-ring (bicyclic) bond motifs is 1. The van der Waals surface area contributed by atoms with E-state index >= 15 is 0 Å². The quantitative estimate of drug-likeness (QED) is 0.306. The van der Waals surface area contributed by atoms with Crippen LogP contribution in [-0.2, 0) is 13.8 Å². The number of phosphoric ester groups is 1. The number of aliphatic hydroxyl groups is 2. The summed E-state index contributed by atoms with van der Waals surface area (Å²) < 4.78 is 34.8. The van der Waals surface area contributed by atoms with Crippen molar-refractivity contribution < 1.29 is 38.2 Å². The number of hydrogen-bond acceptors (Lipinski definition) is 9. The zero-order valence-corrected chi connectivity index (χ0v) is 12.7. The minimum absolute atomic E-state index is 0.0663. The van der Waals surface area contributed by atoms with Gasteiger partial charge in [0.25, 0.3) is 0 Å². The third-order valence-electron chi connectivity index (χ3n) is 3.44. The van der Waals surface area contributed by atoms with Crippen LogP contribution in [0.2, 0.25) is 0 Å². The van der Waals surface area contributed by atoms with Crippen molar-refractivity contribution in [1.29, 1.82) is 0 Å². The molecule has 6 N–H and O–H groups in total.